The van der Waals surface area contributed by atoms with Crippen LogP contribution >= 0.6 is 0 Å². The Labute approximate surface area is 116 Å². The predicted octanol–water partition coefficient (Wildman–Crippen LogP) is 2.57. The maximum Gasteiger partial charge on any atom is 0.387 e. The van der Waals surface area contributed by atoms with Crippen LogP contribution in [0.2, 0.25) is 0 Å². The van der Waals surface area contributed by atoms with Crippen molar-refractivity contribution in [3.63, 3.8) is 0 Å². The van der Waals surface area contributed by atoms with Gasteiger partial charge in [-0.25, -0.2) is 0 Å². The summed E-state index contributed by atoms with van der Waals surface area (Å²) in [4.78, 5) is 12.1. The number of halogens is 2. The van der Waals surface area contributed by atoms with Crippen molar-refractivity contribution < 1.29 is 23.4 Å². The third-order valence-electron chi connectivity index (χ3n) is 3.38. The van der Waals surface area contributed by atoms with Crippen molar-refractivity contribution in [1.82, 2.24) is 5.32 Å². The number of rotatable bonds is 7. The zero-order chi connectivity index (χ0) is 15.2. The summed E-state index contributed by atoms with van der Waals surface area (Å²) in [5, 5.41) is 12.2. The average Bonchev–Trinajstić information content (AvgIpc) is 2.45. The Bertz CT molecular complexity index is 422. The van der Waals surface area contributed by atoms with Gasteiger partial charge in [0, 0.05) is 5.56 Å². The SMILES string of the molecule is CCC(CC)(CO)NC(=O)c1ccc(OC(F)F)cc1. The number of aliphatic hydroxyl groups is 1. The van der Waals surface area contributed by atoms with Crippen molar-refractivity contribution in [3.05, 3.63) is 29.8 Å². The van der Waals surface area contributed by atoms with E-state index in [0.717, 1.165) is 0 Å². The van der Waals surface area contributed by atoms with Crippen LogP contribution in [0.1, 0.15) is 37.0 Å². The molecule has 0 radical (unpaired) electrons. The summed E-state index contributed by atoms with van der Waals surface area (Å²) in [6.07, 6.45) is 1.19. The van der Waals surface area contributed by atoms with Crippen molar-refractivity contribution in [1.29, 1.82) is 0 Å². The molecule has 0 heterocycles. The molecule has 0 fully saturated rings. The number of amides is 1. The van der Waals surface area contributed by atoms with Crippen LogP contribution in [-0.4, -0.2) is 29.8 Å². The largest absolute Gasteiger partial charge is 0.435 e. The van der Waals surface area contributed by atoms with Crippen LogP contribution in [0, 0.1) is 0 Å². The van der Waals surface area contributed by atoms with E-state index in [0.29, 0.717) is 18.4 Å². The van der Waals surface area contributed by atoms with E-state index in [1.807, 2.05) is 13.8 Å². The smallest absolute Gasteiger partial charge is 0.387 e. The molecule has 0 saturated carbocycles. The Morgan fingerprint density at radius 1 is 1.30 bits per heavy atom. The third kappa shape index (κ3) is 4.16. The molecule has 1 aromatic rings. The molecule has 1 aromatic carbocycles. The Morgan fingerprint density at radius 3 is 2.25 bits per heavy atom. The van der Waals surface area contributed by atoms with Crippen LogP contribution in [0.25, 0.3) is 0 Å². The molecule has 0 aliphatic carbocycles. The van der Waals surface area contributed by atoms with E-state index in [-0.39, 0.29) is 18.3 Å². The first-order chi connectivity index (χ1) is 9.46. The van der Waals surface area contributed by atoms with Crippen molar-refractivity contribution >= 4 is 5.91 Å². The fourth-order valence-corrected chi connectivity index (χ4v) is 1.79. The maximum atomic E-state index is 12.1. The first-order valence-corrected chi connectivity index (χ1v) is 6.44. The Kier molecular flexibility index (Phi) is 5.88. The van der Waals surface area contributed by atoms with Crippen molar-refractivity contribution in [2.45, 2.75) is 38.8 Å². The van der Waals surface area contributed by atoms with Crippen molar-refractivity contribution in [2.75, 3.05) is 6.61 Å². The fourth-order valence-electron chi connectivity index (χ4n) is 1.79. The summed E-state index contributed by atoms with van der Waals surface area (Å²) in [6, 6.07) is 5.42. The van der Waals surface area contributed by atoms with Gasteiger partial charge in [-0.05, 0) is 37.1 Å². The summed E-state index contributed by atoms with van der Waals surface area (Å²) < 4.78 is 28.2. The zero-order valence-electron chi connectivity index (χ0n) is 11.5. The number of carbonyl (C=O) groups is 1. The lowest BCUT2D eigenvalue weighted by atomic mass is 9.93. The number of hydrogen-bond donors (Lipinski definition) is 2. The number of nitrogens with one attached hydrogen (secondary N) is 1. The molecule has 112 valence electrons. The zero-order valence-corrected chi connectivity index (χ0v) is 11.5. The van der Waals surface area contributed by atoms with Gasteiger partial charge in [0.2, 0.25) is 0 Å². The lowest BCUT2D eigenvalue weighted by Crippen LogP contribution is -2.50. The Morgan fingerprint density at radius 2 is 1.85 bits per heavy atom. The van der Waals surface area contributed by atoms with Crippen LogP contribution in [0.4, 0.5) is 8.78 Å². The molecule has 0 unspecified atom stereocenters. The molecule has 0 bridgehead atoms. The molecule has 1 rings (SSSR count). The first kappa shape index (κ1) is 16.4. The van der Waals surface area contributed by atoms with Gasteiger partial charge < -0.3 is 15.2 Å². The van der Waals surface area contributed by atoms with E-state index >= 15 is 0 Å². The van der Waals surface area contributed by atoms with Crippen molar-refractivity contribution in [2.24, 2.45) is 0 Å². The Hall–Kier alpha value is -1.69. The number of ether oxygens (including phenoxy) is 1. The second-order valence-corrected chi connectivity index (χ2v) is 4.50. The topological polar surface area (TPSA) is 58.6 Å². The van der Waals surface area contributed by atoms with Gasteiger partial charge in [0.25, 0.3) is 5.91 Å². The normalized spacial score (nSPS) is 11.5. The highest BCUT2D eigenvalue weighted by molar-refractivity contribution is 5.94. The summed E-state index contributed by atoms with van der Waals surface area (Å²) in [7, 11) is 0. The second-order valence-electron chi connectivity index (χ2n) is 4.50. The first-order valence-electron chi connectivity index (χ1n) is 6.44. The molecule has 0 spiro atoms. The van der Waals surface area contributed by atoms with E-state index in [1.54, 1.807) is 0 Å². The van der Waals surface area contributed by atoms with E-state index < -0.39 is 12.2 Å². The molecule has 0 aliphatic heterocycles. The van der Waals surface area contributed by atoms with Crippen LogP contribution < -0.4 is 10.1 Å². The molecule has 1 amide bonds. The minimum atomic E-state index is -2.89. The van der Waals surface area contributed by atoms with Gasteiger partial charge in [-0.2, -0.15) is 8.78 Å². The molecule has 0 aliphatic rings. The summed E-state index contributed by atoms with van der Waals surface area (Å²) in [5.74, 6) is -0.359. The van der Waals surface area contributed by atoms with Crippen LogP contribution in [-0.2, 0) is 0 Å². The lowest BCUT2D eigenvalue weighted by molar-refractivity contribution is -0.0498. The molecule has 0 aromatic heterocycles. The van der Waals surface area contributed by atoms with Gasteiger partial charge in [0.05, 0.1) is 12.1 Å². The van der Waals surface area contributed by atoms with Crippen LogP contribution in [0.3, 0.4) is 0 Å². The molecule has 20 heavy (non-hydrogen) atoms. The van der Waals surface area contributed by atoms with Gasteiger partial charge in [0.15, 0.2) is 0 Å². The second kappa shape index (κ2) is 7.19. The molecule has 0 saturated heterocycles. The standard InChI is InChI=1S/C14H19F2NO3/c1-3-14(4-2,9-18)17-12(19)10-5-7-11(8-6-10)20-13(15)16/h5-8,13,18H,3-4,9H2,1-2H3,(H,17,19). The van der Waals surface area contributed by atoms with E-state index in [2.05, 4.69) is 10.1 Å². The lowest BCUT2D eigenvalue weighted by Gasteiger charge is -2.30. The van der Waals surface area contributed by atoms with E-state index in [9.17, 15) is 18.7 Å². The molecular formula is C14H19F2NO3. The predicted molar refractivity (Wildman–Crippen MR) is 70.9 cm³/mol. The molecule has 0 atom stereocenters. The minimum Gasteiger partial charge on any atom is -0.435 e. The summed E-state index contributed by atoms with van der Waals surface area (Å²) in [6.45, 7) is 0.703. The number of carbonyl (C=O) groups excluding carboxylic acids is 1. The Balaban J connectivity index is 2.77. The molecule has 6 heteroatoms. The van der Waals surface area contributed by atoms with Gasteiger partial charge in [0.1, 0.15) is 5.75 Å². The number of alkyl halides is 2. The fraction of sp³-hybridized carbons (Fsp3) is 0.500. The monoisotopic (exact) mass is 287 g/mol. The quantitative estimate of drug-likeness (QED) is 0.810. The highest BCUT2D eigenvalue weighted by Crippen LogP contribution is 2.18. The van der Waals surface area contributed by atoms with Crippen LogP contribution in [0.15, 0.2) is 24.3 Å². The summed E-state index contributed by atoms with van der Waals surface area (Å²) in [5.41, 5.74) is -0.332. The van der Waals surface area contributed by atoms with E-state index in [1.165, 1.54) is 24.3 Å². The van der Waals surface area contributed by atoms with Crippen LogP contribution in [0.5, 0.6) is 5.75 Å². The molecular weight excluding hydrogens is 268 g/mol. The van der Waals surface area contributed by atoms with Gasteiger partial charge >= 0.3 is 6.61 Å². The van der Waals surface area contributed by atoms with Gasteiger partial charge in [-0.15, -0.1) is 0 Å². The summed E-state index contributed by atoms with van der Waals surface area (Å²) >= 11 is 0. The van der Waals surface area contributed by atoms with Gasteiger partial charge in [-0.3, -0.25) is 4.79 Å². The van der Waals surface area contributed by atoms with Gasteiger partial charge in [-0.1, -0.05) is 13.8 Å². The highest BCUT2D eigenvalue weighted by Gasteiger charge is 2.27. The molecule has 4 nitrogen and oxygen atoms in total. The van der Waals surface area contributed by atoms with E-state index in [4.69, 9.17) is 0 Å². The molecule has 2 N–H and O–H groups in total. The average molecular weight is 287 g/mol. The number of hydrogen-bond acceptors (Lipinski definition) is 3. The minimum absolute atomic E-state index is 0.00375. The number of benzene rings is 1. The third-order valence-corrected chi connectivity index (χ3v) is 3.38. The number of aliphatic hydroxyl groups excluding tert-OH is 1. The van der Waals surface area contributed by atoms with Crippen molar-refractivity contribution in [3.8, 4) is 5.75 Å². The highest BCUT2D eigenvalue weighted by atomic mass is 19.3. The maximum absolute atomic E-state index is 12.1.